The Morgan fingerprint density at radius 3 is 2.35 bits per heavy atom. The highest BCUT2D eigenvalue weighted by Gasteiger charge is 2.17. The predicted molar refractivity (Wildman–Crippen MR) is 124 cm³/mol. The number of nitrogens with one attached hydrogen (secondary N) is 3. The number of urea groups is 1. The maximum atomic E-state index is 12.5. The van der Waals surface area contributed by atoms with E-state index in [2.05, 4.69) is 20.9 Å². The summed E-state index contributed by atoms with van der Waals surface area (Å²) in [7, 11) is 0. The molecule has 0 unspecified atom stereocenters. The molecule has 160 valence electrons. The Morgan fingerprint density at radius 1 is 1.00 bits per heavy atom. The summed E-state index contributed by atoms with van der Waals surface area (Å²) in [5, 5.41) is 9.20. The van der Waals surface area contributed by atoms with E-state index in [0.717, 1.165) is 16.9 Å². The predicted octanol–water partition coefficient (Wildman–Crippen LogP) is 5.53. The van der Waals surface area contributed by atoms with E-state index in [1.54, 1.807) is 49.4 Å². The molecule has 3 rings (SSSR count). The van der Waals surface area contributed by atoms with Gasteiger partial charge in [-0.2, -0.15) is 0 Å². The fourth-order valence-corrected chi connectivity index (χ4v) is 3.82. The summed E-state index contributed by atoms with van der Waals surface area (Å²) in [4.78, 5) is 40.7. The van der Waals surface area contributed by atoms with Gasteiger partial charge in [0.15, 0.2) is 10.9 Å². The summed E-state index contributed by atoms with van der Waals surface area (Å²) >= 11 is 13.0. The maximum absolute atomic E-state index is 12.5. The van der Waals surface area contributed by atoms with Gasteiger partial charge in [-0.15, -0.1) is 0 Å². The first kappa shape index (κ1) is 22.7. The van der Waals surface area contributed by atoms with Crippen LogP contribution in [0.2, 0.25) is 10.0 Å². The highest BCUT2D eigenvalue weighted by molar-refractivity contribution is 7.17. The van der Waals surface area contributed by atoms with Gasteiger partial charge in [-0.1, -0.05) is 40.6 Å². The molecule has 7 nitrogen and oxygen atoms in total. The van der Waals surface area contributed by atoms with Crippen molar-refractivity contribution < 1.29 is 14.4 Å². The molecule has 0 aliphatic carbocycles. The summed E-state index contributed by atoms with van der Waals surface area (Å²) in [5.41, 5.74) is 2.38. The number of thiazole rings is 1. The lowest BCUT2D eigenvalue weighted by Gasteiger charge is -2.06. The molecule has 1 aromatic heterocycles. The first-order valence-electron chi connectivity index (χ1n) is 9.11. The van der Waals surface area contributed by atoms with Gasteiger partial charge in [0.2, 0.25) is 0 Å². The van der Waals surface area contributed by atoms with Gasteiger partial charge in [-0.05, 0) is 55.8 Å². The number of rotatable bonds is 6. The van der Waals surface area contributed by atoms with Crippen molar-refractivity contribution in [1.82, 2.24) is 10.3 Å². The van der Waals surface area contributed by atoms with Crippen LogP contribution in [0, 0.1) is 6.92 Å². The second-order valence-corrected chi connectivity index (χ2v) is 8.39. The molecule has 0 saturated heterocycles. The van der Waals surface area contributed by atoms with Crippen LogP contribution in [0.25, 0.3) is 0 Å². The Morgan fingerprint density at radius 2 is 1.71 bits per heavy atom. The minimum Gasteiger partial charge on any atom is -0.347 e. The number of halogens is 2. The largest absolute Gasteiger partial charge is 0.347 e. The van der Waals surface area contributed by atoms with Crippen molar-refractivity contribution >= 4 is 63.1 Å². The van der Waals surface area contributed by atoms with E-state index < -0.39 is 6.03 Å². The zero-order valence-corrected chi connectivity index (χ0v) is 18.9. The van der Waals surface area contributed by atoms with Crippen LogP contribution in [0.5, 0.6) is 0 Å². The topological polar surface area (TPSA) is 100 Å². The molecule has 0 saturated carbocycles. The van der Waals surface area contributed by atoms with Crippen LogP contribution in [0.3, 0.4) is 0 Å². The molecule has 31 heavy (non-hydrogen) atoms. The Hall–Kier alpha value is -2.94. The van der Waals surface area contributed by atoms with Crippen LogP contribution in [0.4, 0.5) is 15.6 Å². The van der Waals surface area contributed by atoms with Gasteiger partial charge in [0.25, 0.3) is 5.91 Å². The molecule has 0 bridgehead atoms. The number of ketones is 1. The third kappa shape index (κ3) is 6.04. The average Bonchev–Trinajstić information content (AvgIpc) is 3.08. The lowest BCUT2D eigenvalue weighted by Crippen LogP contribution is -2.22. The molecule has 0 atom stereocenters. The van der Waals surface area contributed by atoms with Crippen molar-refractivity contribution in [2.24, 2.45) is 0 Å². The van der Waals surface area contributed by atoms with Crippen LogP contribution in [0.15, 0.2) is 42.5 Å². The molecule has 3 aromatic rings. The van der Waals surface area contributed by atoms with Gasteiger partial charge in [0.05, 0.1) is 15.7 Å². The number of benzene rings is 2. The van der Waals surface area contributed by atoms with E-state index in [1.165, 1.54) is 6.92 Å². The summed E-state index contributed by atoms with van der Waals surface area (Å²) in [6, 6.07) is 11.1. The number of carbonyl (C=O) groups is 3. The molecule has 1 heterocycles. The Bertz CT molecular complexity index is 1150. The average molecular weight is 477 g/mol. The summed E-state index contributed by atoms with van der Waals surface area (Å²) < 4.78 is 0. The van der Waals surface area contributed by atoms with E-state index in [4.69, 9.17) is 23.2 Å². The van der Waals surface area contributed by atoms with Crippen molar-refractivity contribution in [3.63, 3.8) is 0 Å². The van der Waals surface area contributed by atoms with Gasteiger partial charge < -0.3 is 10.6 Å². The van der Waals surface area contributed by atoms with Crippen LogP contribution < -0.4 is 16.0 Å². The number of anilines is 2. The van der Waals surface area contributed by atoms with E-state index in [-0.39, 0.29) is 23.4 Å². The normalized spacial score (nSPS) is 10.5. The monoisotopic (exact) mass is 476 g/mol. The van der Waals surface area contributed by atoms with Crippen LogP contribution in [-0.4, -0.2) is 22.7 Å². The third-order valence-corrected chi connectivity index (χ3v) is 6.02. The van der Waals surface area contributed by atoms with E-state index >= 15 is 0 Å². The molecule has 0 aliphatic rings. The van der Waals surface area contributed by atoms with Gasteiger partial charge in [-0.25, -0.2) is 9.78 Å². The molecule has 0 radical (unpaired) electrons. The van der Waals surface area contributed by atoms with Crippen LogP contribution in [-0.2, 0) is 6.54 Å². The molecular formula is C21H18Cl2N4O3S. The first-order chi connectivity index (χ1) is 14.7. The lowest BCUT2D eigenvalue weighted by atomic mass is 10.1. The van der Waals surface area contributed by atoms with Crippen molar-refractivity contribution in [1.29, 1.82) is 0 Å². The molecule has 0 spiro atoms. The zero-order chi connectivity index (χ0) is 22.5. The van der Waals surface area contributed by atoms with Gasteiger partial charge in [0, 0.05) is 17.8 Å². The number of amides is 3. The highest BCUT2D eigenvalue weighted by Crippen LogP contribution is 2.24. The number of aromatic nitrogens is 1. The fourth-order valence-electron chi connectivity index (χ4n) is 2.62. The molecule has 3 N–H and O–H groups in total. The molecule has 0 fully saturated rings. The van der Waals surface area contributed by atoms with Gasteiger partial charge in [0.1, 0.15) is 4.88 Å². The summed E-state index contributed by atoms with van der Waals surface area (Å²) in [5.74, 6) is -0.367. The lowest BCUT2D eigenvalue weighted by molar-refractivity contribution is 0.0953. The standard InChI is InChI=1S/C21H18Cl2N4O3S/c1-11-18(19(29)24-10-13-3-8-16(22)17(23)9-13)31-21(25-11)27-20(30)26-15-6-4-14(5-7-15)12(2)28/h3-9H,10H2,1-2H3,(H,24,29)(H2,25,26,27,30). The number of carbonyl (C=O) groups excluding carboxylic acids is 3. The molecule has 0 aliphatic heterocycles. The SMILES string of the molecule is CC(=O)c1ccc(NC(=O)Nc2nc(C)c(C(=O)NCc3ccc(Cl)c(Cl)c3)s2)cc1. The number of Topliss-reactive ketones (excluding diaryl/α,β-unsaturated/α-hetero) is 1. The molecule has 10 heteroatoms. The fraction of sp³-hybridized carbons (Fsp3) is 0.143. The second kappa shape index (κ2) is 9.91. The van der Waals surface area contributed by atoms with Crippen molar-refractivity contribution in [3.8, 4) is 0 Å². The molecule has 2 aromatic carbocycles. The number of hydrogen-bond donors (Lipinski definition) is 3. The summed E-state index contributed by atoms with van der Waals surface area (Å²) in [6.07, 6.45) is 0. The second-order valence-electron chi connectivity index (χ2n) is 6.58. The molecule has 3 amide bonds. The van der Waals surface area contributed by atoms with E-state index in [0.29, 0.717) is 31.9 Å². The Kier molecular flexibility index (Phi) is 7.27. The van der Waals surface area contributed by atoms with Crippen molar-refractivity contribution in [3.05, 3.63) is 74.2 Å². The molecular weight excluding hydrogens is 459 g/mol. The van der Waals surface area contributed by atoms with Gasteiger partial charge >= 0.3 is 6.03 Å². The van der Waals surface area contributed by atoms with Crippen molar-refractivity contribution in [2.75, 3.05) is 10.6 Å². The van der Waals surface area contributed by atoms with Crippen molar-refractivity contribution in [2.45, 2.75) is 20.4 Å². The third-order valence-electron chi connectivity index (χ3n) is 4.21. The number of hydrogen-bond acceptors (Lipinski definition) is 5. The minimum absolute atomic E-state index is 0.0563. The van der Waals surface area contributed by atoms with Crippen LogP contribution >= 0.6 is 34.5 Å². The number of aryl methyl sites for hydroxylation is 1. The first-order valence-corrected chi connectivity index (χ1v) is 10.7. The Labute approximate surface area is 192 Å². The van der Waals surface area contributed by atoms with Gasteiger partial charge in [-0.3, -0.25) is 14.9 Å². The van der Waals surface area contributed by atoms with E-state index in [1.807, 2.05) is 0 Å². The smallest absolute Gasteiger partial charge is 0.325 e. The zero-order valence-electron chi connectivity index (χ0n) is 16.6. The highest BCUT2D eigenvalue weighted by atomic mass is 35.5. The Balaban J connectivity index is 1.59. The minimum atomic E-state index is -0.507. The number of nitrogens with zero attached hydrogens (tertiary/aromatic N) is 1. The quantitative estimate of drug-likeness (QED) is 0.406. The maximum Gasteiger partial charge on any atom is 0.325 e. The van der Waals surface area contributed by atoms with E-state index in [9.17, 15) is 14.4 Å². The summed E-state index contributed by atoms with van der Waals surface area (Å²) in [6.45, 7) is 3.43. The van der Waals surface area contributed by atoms with Crippen LogP contribution in [0.1, 0.15) is 38.2 Å².